The van der Waals surface area contributed by atoms with Crippen molar-refractivity contribution in [2.45, 2.75) is 6.61 Å². The van der Waals surface area contributed by atoms with Gasteiger partial charge in [-0.15, -0.1) is 0 Å². The molecule has 0 amide bonds. The molecular formula is C19H16ClNO5. The minimum absolute atomic E-state index is 0.0267. The number of rotatable bonds is 6. The van der Waals surface area contributed by atoms with Crippen LogP contribution in [0, 0.1) is 0 Å². The molecule has 0 saturated carbocycles. The van der Waals surface area contributed by atoms with Crippen LogP contribution >= 0.6 is 11.6 Å². The predicted molar refractivity (Wildman–Crippen MR) is 95.6 cm³/mol. The molecule has 0 N–H and O–H groups in total. The van der Waals surface area contributed by atoms with Gasteiger partial charge in [0, 0.05) is 5.56 Å². The van der Waals surface area contributed by atoms with E-state index in [9.17, 15) is 4.79 Å². The lowest BCUT2D eigenvalue weighted by Crippen LogP contribution is -2.06. The summed E-state index contributed by atoms with van der Waals surface area (Å²) in [6.45, 7) is -0.0267. The molecule has 7 heteroatoms. The van der Waals surface area contributed by atoms with Gasteiger partial charge in [-0.3, -0.25) is 0 Å². The molecule has 0 bridgehead atoms. The van der Waals surface area contributed by atoms with Crippen molar-refractivity contribution in [3.05, 3.63) is 65.0 Å². The predicted octanol–water partition coefficient (Wildman–Crippen LogP) is 4.37. The number of halogens is 1. The van der Waals surface area contributed by atoms with Crippen molar-refractivity contribution in [3.8, 4) is 23.0 Å². The van der Waals surface area contributed by atoms with Crippen LogP contribution in [-0.2, 0) is 11.3 Å². The number of ether oxygens (including phenoxy) is 3. The number of methoxy groups -OCH3 is 2. The molecule has 3 aromatic rings. The Morgan fingerprint density at radius 3 is 2.62 bits per heavy atom. The summed E-state index contributed by atoms with van der Waals surface area (Å²) in [5, 5.41) is 0.256. The van der Waals surface area contributed by atoms with Gasteiger partial charge in [0.1, 0.15) is 18.6 Å². The zero-order valence-corrected chi connectivity index (χ0v) is 14.9. The first-order valence-electron chi connectivity index (χ1n) is 7.71. The number of hydrogen-bond donors (Lipinski definition) is 0. The maximum Gasteiger partial charge on any atom is 0.338 e. The molecule has 3 rings (SSSR count). The van der Waals surface area contributed by atoms with E-state index in [0.29, 0.717) is 23.1 Å². The summed E-state index contributed by atoms with van der Waals surface area (Å²) in [6.07, 6.45) is 1.46. The first-order chi connectivity index (χ1) is 12.6. The summed E-state index contributed by atoms with van der Waals surface area (Å²) in [4.78, 5) is 16.6. The van der Waals surface area contributed by atoms with E-state index in [4.69, 9.17) is 30.2 Å². The molecule has 2 aromatic carbocycles. The van der Waals surface area contributed by atoms with Crippen molar-refractivity contribution < 1.29 is 23.4 Å². The van der Waals surface area contributed by atoms with E-state index in [1.807, 2.05) is 30.3 Å². The number of oxazole rings is 1. The van der Waals surface area contributed by atoms with Gasteiger partial charge in [-0.25, -0.2) is 9.78 Å². The number of aromatic nitrogens is 1. The first kappa shape index (κ1) is 17.8. The third kappa shape index (κ3) is 3.81. The number of nitrogens with zero attached hydrogens (tertiary/aromatic N) is 1. The van der Waals surface area contributed by atoms with Crippen LogP contribution in [0.5, 0.6) is 11.5 Å². The molecule has 0 aliphatic heterocycles. The van der Waals surface area contributed by atoms with Crippen molar-refractivity contribution in [2.24, 2.45) is 0 Å². The highest BCUT2D eigenvalue weighted by Crippen LogP contribution is 2.36. The van der Waals surface area contributed by atoms with Crippen LogP contribution in [0.2, 0.25) is 5.02 Å². The summed E-state index contributed by atoms with van der Waals surface area (Å²) < 4.78 is 21.0. The van der Waals surface area contributed by atoms with Crippen LogP contribution in [0.25, 0.3) is 11.5 Å². The topological polar surface area (TPSA) is 70.8 Å². The zero-order valence-electron chi connectivity index (χ0n) is 14.2. The molecule has 0 fully saturated rings. The average molecular weight is 374 g/mol. The fraction of sp³-hybridized carbons (Fsp3) is 0.158. The number of carbonyl (C=O) groups excluding carboxylic acids is 1. The molecule has 26 heavy (non-hydrogen) atoms. The van der Waals surface area contributed by atoms with E-state index in [1.165, 1.54) is 32.6 Å². The third-order valence-corrected chi connectivity index (χ3v) is 3.87. The van der Waals surface area contributed by atoms with Crippen LogP contribution in [0.3, 0.4) is 0 Å². The summed E-state index contributed by atoms with van der Waals surface area (Å²) in [6, 6.07) is 12.4. The van der Waals surface area contributed by atoms with Gasteiger partial charge in [-0.2, -0.15) is 0 Å². The second kappa shape index (κ2) is 7.93. The van der Waals surface area contributed by atoms with Gasteiger partial charge in [0.2, 0.25) is 5.89 Å². The SMILES string of the molecule is COc1cc(C(=O)OCc2coc(-c3ccccc3)n2)cc(Cl)c1OC. The maximum absolute atomic E-state index is 12.3. The van der Waals surface area contributed by atoms with Crippen LogP contribution in [0.4, 0.5) is 0 Å². The van der Waals surface area contributed by atoms with E-state index in [2.05, 4.69) is 4.98 Å². The fourth-order valence-corrected chi connectivity index (χ4v) is 2.63. The van der Waals surface area contributed by atoms with Crippen LogP contribution in [0.15, 0.2) is 53.1 Å². The Kier molecular flexibility index (Phi) is 5.43. The van der Waals surface area contributed by atoms with Crippen LogP contribution in [-0.4, -0.2) is 25.2 Å². The van der Waals surface area contributed by atoms with E-state index in [1.54, 1.807) is 0 Å². The highest BCUT2D eigenvalue weighted by Gasteiger charge is 2.17. The molecule has 0 aliphatic rings. The van der Waals surface area contributed by atoms with E-state index in [-0.39, 0.29) is 17.2 Å². The average Bonchev–Trinajstić information content (AvgIpc) is 3.15. The number of carbonyl (C=O) groups is 1. The van der Waals surface area contributed by atoms with Crippen LogP contribution in [0.1, 0.15) is 16.1 Å². The lowest BCUT2D eigenvalue weighted by Gasteiger charge is -2.11. The molecule has 0 spiro atoms. The molecule has 0 unspecified atom stereocenters. The normalized spacial score (nSPS) is 10.4. The van der Waals surface area contributed by atoms with Gasteiger partial charge in [-0.05, 0) is 24.3 Å². The number of benzene rings is 2. The van der Waals surface area contributed by atoms with E-state index in [0.717, 1.165) is 5.56 Å². The van der Waals surface area contributed by atoms with Gasteiger partial charge in [-0.1, -0.05) is 29.8 Å². The maximum atomic E-state index is 12.3. The van der Waals surface area contributed by atoms with Gasteiger partial charge in [0.25, 0.3) is 0 Å². The summed E-state index contributed by atoms with van der Waals surface area (Å²) >= 11 is 6.11. The smallest absolute Gasteiger partial charge is 0.338 e. The van der Waals surface area contributed by atoms with E-state index < -0.39 is 5.97 Å². The Morgan fingerprint density at radius 2 is 1.92 bits per heavy atom. The molecule has 0 saturated heterocycles. The Hall–Kier alpha value is -2.99. The minimum atomic E-state index is -0.558. The van der Waals surface area contributed by atoms with Crippen LogP contribution < -0.4 is 9.47 Å². The monoisotopic (exact) mass is 373 g/mol. The number of esters is 1. The highest BCUT2D eigenvalue weighted by atomic mass is 35.5. The molecule has 134 valence electrons. The molecule has 0 radical (unpaired) electrons. The van der Waals surface area contributed by atoms with Gasteiger partial charge < -0.3 is 18.6 Å². The lowest BCUT2D eigenvalue weighted by molar-refractivity contribution is 0.0467. The van der Waals surface area contributed by atoms with Crippen molar-refractivity contribution in [3.63, 3.8) is 0 Å². The van der Waals surface area contributed by atoms with Crippen molar-refractivity contribution in [2.75, 3.05) is 14.2 Å². The van der Waals surface area contributed by atoms with E-state index >= 15 is 0 Å². The van der Waals surface area contributed by atoms with Crippen molar-refractivity contribution in [1.29, 1.82) is 0 Å². The lowest BCUT2D eigenvalue weighted by atomic mass is 10.2. The molecule has 0 aliphatic carbocycles. The van der Waals surface area contributed by atoms with Gasteiger partial charge >= 0.3 is 5.97 Å². The first-order valence-corrected chi connectivity index (χ1v) is 8.08. The third-order valence-electron chi connectivity index (χ3n) is 3.59. The highest BCUT2D eigenvalue weighted by molar-refractivity contribution is 6.32. The summed E-state index contributed by atoms with van der Waals surface area (Å²) in [5.41, 5.74) is 1.60. The Balaban J connectivity index is 1.70. The number of hydrogen-bond acceptors (Lipinski definition) is 6. The minimum Gasteiger partial charge on any atom is -0.493 e. The van der Waals surface area contributed by atoms with Crippen molar-refractivity contribution in [1.82, 2.24) is 4.98 Å². The summed E-state index contributed by atoms with van der Waals surface area (Å²) in [5.74, 6) is 0.609. The van der Waals surface area contributed by atoms with Gasteiger partial charge in [0.05, 0.1) is 24.8 Å². The molecular weight excluding hydrogens is 358 g/mol. The Labute approximate surface area is 155 Å². The second-order valence-electron chi connectivity index (χ2n) is 5.28. The summed E-state index contributed by atoms with van der Waals surface area (Å²) in [7, 11) is 2.93. The fourth-order valence-electron chi connectivity index (χ4n) is 2.35. The molecule has 1 aromatic heterocycles. The largest absolute Gasteiger partial charge is 0.493 e. The molecule has 0 atom stereocenters. The van der Waals surface area contributed by atoms with Gasteiger partial charge in [0.15, 0.2) is 11.5 Å². The quantitative estimate of drug-likeness (QED) is 0.597. The molecule has 1 heterocycles. The Bertz CT molecular complexity index is 908. The standard InChI is InChI=1S/C19H16ClNO5/c1-23-16-9-13(8-15(20)17(16)24-2)19(22)26-11-14-10-25-18(21-14)12-6-4-3-5-7-12/h3-10H,11H2,1-2H3. The zero-order chi connectivity index (χ0) is 18.5. The van der Waals surface area contributed by atoms with Crippen molar-refractivity contribution >= 4 is 17.6 Å². The Morgan fingerprint density at radius 1 is 1.15 bits per heavy atom. The molecule has 6 nitrogen and oxygen atoms in total. The second-order valence-corrected chi connectivity index (χ2v) is 5.69.